The number of methoxy groups -OCH3 is 1. The molecular formula is C22H23N7O4. The summed E-state index contributed by atoms with van der Waals surface area (Å²) in [6.07, 6.45) is 6.18. The quantitative estimate of drug-likeness (QED) is 0.457. The lowest BCUT2D eigenvalue weighted by atomic mass is 10.0. The predicted octanol–water partition coefficient (Wildman–Crippen LogP) is 0.843. The van der Waals surface area contributed by atoms with E-state index in [0.29, 0.717) is 53.6 Å². The van der Waals surface area contributed by atoms with Crippen LogP contribution >= 0.6 is 0 Å². The lowest BCUT2D eigenvalue weighted by molar-refractivity contribution is -0.136. The highest BCUT2D eigenvalue weighted by atomic mass is 16.5. The van der Waals surface area contributed by atoms with E-state index in [1.54, 1.807) is 20.3 Å². The van der Waals surface area contributed by atoms with Crippen molar-refractivity contribution in [2.45, 2.75) is 18.9 Å². The van der Waals surface area contributed by atoms with E-state index in [2.05, 4.69) is 15.1 Å². The molecule has 1 fully saturated rings. The number of aromatic nitrogens is 6. The molecule has 170 valence electrons. The Kier molecular flexibility index (Phi) is 5.25. The summed E-state index contributed by atoms with van der Waals surface area (Å²) in [5.74, 6) is -0.0768. The highest BCUT2D eigenvalue weighted by Crippen LogP contribution is 2.28. The zero-order valence-corrected chi connectivity index (χ0v) is 18.3. The summed E-state index contributed by atoms with van der Waals surface area (Å²) in [5.41, 5.74) is 2.03. The number of piperidine rings is 1. The summed E-state index contributed by atoms with van der Waals surface area (Å²) in [6.45, 7) is 1.03. The van der Waals surface area contributed by atoms with Crippen LogP contribution in [0, 0.1) is 0 Å². The average Bonchev–Trinajstić information content (AvgIpc) is 3.25. The maximum absolute atomic E-state index is 13.0. The van der Waals surface area contributed by atoms with Crippen molar-refractivity contribution < 1.29 is 9.53 Å². The van der Waals surface area contributed by atoms with Crippen molar-refractivity contribution in [3.8, 4) is 11.3 Å². The number of carbonyl (C=O) groups is 1. The van der Waals surface area contributed by atoms with Gasteiger partial charge in [-0.3, -0.25) is 28.8 Å². The van der Waals surface area contributed by atoms with Crippen LogP contribution in [0.1, 0.15) is 18.9 Å². The fourth-order valence-corrected chi connectivity index (χ4v) is 4.44. The maximum Gasteiger partial charge on any atom is 0.329 e. The molecule has 0 saturated carbocycles. The third kappa shape index (κ3) is 3.69. The van der Waals surface area contributed by atoms with Gasteiger partial charge in [-0.2, -0.15) is 5.10 Å². The SMILES string of the molecule is COCC(=O)N1CCC(n2c(=O)[nH]c(=O)c3cnc4ccc(-c5cnn(C)c5)nc4c32)CC1. The molecular weight excluding hydrogens is 426 g/mol. The minimum atomic E-state index is -0.498. The second kappa shape index (κ2) is 8.24. The molecule has 0 atom stereocenters. The fraction of sp³-hybridized carbons (Fsp3) is 0.364. The van der Waals surface area contributed by atoms with Gasteiger partial charge in [0.25, 0.3) is 5.56 Å². The summed E-state index contributed by atoms with van der Waals surface area (Å²) in [6, 6.07) is 3.47. The number of ether oxygens (including phenoxy) is 1. The van der Waals surface area contributed by atoms with E-state index in [1.807, 2.05) is 25.4 Å². The Balaban J connectivity index is 1.65. The first kappa shape index (κ1) is 21.0. The van der Waals surface area contributed by atoms with E-state index >= 15 is 0 Å². The molecule has 0 radical (unpaired) electrons. The van der Waals surface area contributed by atoms with Gasteiger partial charge < -0.3 is 9.64 Å². The minimum Gasteiger partial charge on any atom is -0.375 e. The van der Waals surface area contributed by atoms with E-state index in [1.165, 1.54) is 13.3 Å². The van der Waals surface area contributed by atoms with E-state index in [-0.39, 0.29) is 18.6 Å². The first-order chi connectivity index (χ1) is 16.0. The first-order valence-electron chi connectivity index (χ1n) is 10.7. The smallest absolute Gasteiger partial charge is 0.329 e. The molecule has 0 unspecified atom stereocenters. The monoisotopic (exact) mass is 449 g/mol. The molecule has 1 aliphatic heterocycles. The maximum atomic E-state index is 13.0. The molecule has 33 heavy (non-hydrogen) atoms. The summed E-state index contributed by atoms with van der Waals surface area (Å²) in [7, 11) is 3.31. The number of hydrogen-bond donors (Lipinski definition) is 1. The normalized spacial score (nSPS) is 14.9. The number of aryl methyl sites for hydroxylation is 1. The second-order valence-corrected chi connectivity index (χ2v) is 8.16. The van der Waals surface area contributed by atoms with Crippen LogP contribution in [0.5, 0.6) is 0 Å². The molecule has 0 aromatic carbocycles. The molecule has 0 aliphatic carbocycles. The molecule has 0 spiro atoms. The van der Waals surface area contributed by atoms with E-state index < -0.39 is 11.2 Å². The van der Waals surface area contributed by atoms with Crippen LogP contribution in [0.2, 0.25) is 0 Å². The number of likely N-dealkylation sites (tertiary alicyclic amines) is 1. The fourth-order valence-electron chi connectivity index (χ4n) is 4.44. The number of rotatable bonds is 4. The van der Waals surface area contributed by atoms with Crippen LogP contribution in [-0.4, -0.2) is 66.9 Å². The van der Waals surface area contributed by atoms with E-state index in [9.17, 15) is 14.4 Å². The van der Waals surface area contributed by atoms with Gasteiger partial charge >= 0.3 is 5.69 Å². The Morgan fingerprint density at radius 2 is 2.00 bits per heavy atom. The molecule has 0 bridgehead atoms. The Labute approximate surface area is 187 Å². The van der Waals surface area contributed by atoms with E-state index in [4.69, 9.17) is 9.72 Å². The van der Waals surface area contributed by atoms with Crippen LogP contribution in [0.3, 0.4) is 0 Å². The lowest BCUT2D eigenvalue weighted by Crippen LogP contribution is -2.43. The number of hydrogen-bond acceptors (Lipinski definition) is 7. The standard InChI is InChI=1S/C22H23N7O4/c1-27-11-13(9-24-27)16-3-4-17-19(25-16)20-15(10-23-17)21(31)26-22(32)29(20)14-5-7-28(8-6-14)18(30)12-33-2/h3-4,9-11,14H,5-8,12H2,1-2H3,(H,26,31,32). The number of H-pyrrole nitrogens is 1. The zero-order chi connectivity index (χ0) is 23.1. The molecule has 4 aromatic heterocycles. The van der Waals surface area contributed by atoms with Crippen molar-refractivity contribution >= 4 is 27.8 Å². The third-order valence-corrected chi connectivity index (χ3v) is 6.06. The van der Waals surface area contributed by atoms with Gasteiger partial charge in [0.15, 0.2) is 0 Å². The average molecular weight is 449 g/mol. The van der Waals surface area contributed by atoms with Crippen LogP contribution in [-0.2, 0) is 16.6 Å². The molecule has 5 heterocycles. The molecule has 1 N–H and O–H groups in total. The number of fused-ring (bicyclic) bond motifs is 3. The number of carbonyl (C=O) groups excluding carboxylic acids is 1. The van der Waals surface area contributed by atoms with Gasteiger partial charge in [0.1, 0.15) is 12.1 Å². The summed E-state index contributed by atoms with van der Waals surface area (Å²) >= 11 is 0. The van der Waals surface area contributed by atoms with Crippen LogP contribution in [0.4, 0.5) is 0 Å². The third-order valence-electron chi connectivity index (χ3n) is 6.06. The lowest BCUT2D eigenvalue weighted by Gasteiger charge is -2.33. The van der Waals surface area contributed by atoms with E-state index in [0.717, 1.165) is 5.56 Å². The largest absolute Gasteiger partial charge is 0.375 e. The molecule has 5 rings (SSSR count). The first-order valence-corrected chi connectivity index (χ1v) is 10.7. The zero-order valence-electron chi connectivity index (χ0n) is 18.3. The molecule has 11 heteroatoms. The predicted molar refractivity (Wildman–Crippen MR) is 121 cm³/mol. The van der Waals surface area contributed by atoms with Gasteiger partial charge in [-0.05, 0) is 25.0 Å². The van der Waals surface area contributed by atoms with Gasteiger partial charge in [-0.15, -0.1) is 0 Å². The molecule has 11 nitrogen and oxygen atoms in total. The van der Waals surface area contributed by atoms with Gasteiger partial charge in [-0.25, -0.2) is 9.78 Å². The highest BCUT2D eigenvalue weighted by molar-refractivity contribution is 6.01. The van der Waals surface area contributed by atoms with Crippen molar-refractivity contribution in [1.29, 1.82) is 0 Å². The Hall–Kier alpha value is -3.86. The highest BCUT2D eigenvalue weighted by Gasteiger charge is 2.27. The topological polar surface area (TPSA) is 128 Å². The Morgan fingerprint density at radius 3 is 2.70 bits per heavy atom. The molecule has 4 aromatic rings. The number of aromatic amines is 1. The van der Waals surface area contributed by atoms with Crippen LogP contribution < -0.4 is 11.2 Å². The van der Waals surface area contributed by atoms with Crippen LogP contribution in [0.25, 0.3) is 33.2 Å². The van der Waals surface area contributed by atoms with Crippen molar-refractivity contribution in [2.24, 2.45) is 7.05 Å². The Bertz CT molecular complexity index is 1480. The van der Waals surface area contributed by atoms with Crippen molar-refractivity contribution in [3.05, 3.63) is 51.6 Å². The van der Waals surface area contributed by atoms with Crippen molar-refractivity contribution in [1.82, 2.24) is 34.2 Å². The van der Waals surface area contributed by atoms with Gasteiger partial charge in [0, 0.05) is 51.2 Å². The number of amides is 1. The number of pyridine rings is 2. The molecule has 1 aliphatic rings. The summed E-state index contributed by atoms with van der Waals surface area (Å²) in [5, 5.41) is 4.50. The molecule has 1 amide bonds. The van der Waals surface area contributed by atoms with Gasteiger partial charge in [0.2, 0.25) is 5.91 Å². The number of nitrogens with zero attached hydrogens (tertiary/aromatic N) is 6. The van der Waals surface area contributed by atoms with Gasteiger partial charge in [0.05, 0.1) is 28.3 Å². The second-order valence-electron chi connectivity index (χ2n) is 8.16. The summed E-state index contributed by atoms with van der Waals surface area (Å²) in [4.78, 5) is 51.2. The van der Waals surface area contributed by atoms with Crippen LogP contribution in [0.15, 0.2) is 40.3 Å². The number of nitrogens with one attached hydrogen (secondary N) is 1. The van der Waals surface area contributed by atoms with Crippen molar-refractivity contribution in [2.75, 3.05) is 26.8 Å². The summed E-state index contributed by atoms with van der Waals surface area (Å²) < 4.78 is 8.24. The Morgan fingerprint density at radius 1 is 1.21 bits per heavy atom. The minimum absolute atomic E-state index is 0.0313. The van der Waals surface area contributed by atoms with Gasteiger partial charge in [-0.1, -0.05) is 0 Å². The molecule has 1 saturated heterocycles. The van der Waals surface area contributed by atoms with Crippen molar-refractivity contribution in [3.63, 3.8) is 0 Å².